The standard InChI is InChI=1S/C23H24F3N5O4/c24-23(25,26)35-14-1-2-16(17(27)11-14)22(32)31-7-4-13(5-8-31)15-3-6-28-21-19(15)29-20(30-21)18-12-33-9-10-34-18/h1-3,6,11,13,18H,4-5,7-10,12,27H2,(H,28,29,30)/t18-/m1/s1. The van der Waals surface area contributed by atoms with E-state index >= 15 is 0 Å². The number of rotatable bonds is 4. The SMILES string of the molecule is Nc1cc(OC(F)(F)F)ccc1C(=O)N1CCC(c2ccnc3[nH]c([C@H]4COCCO4)nc23)CC1. The number of alkyl halides is 3. The number of nitrogens with two attached hydrogens (primary N) is 1. The van der Waals surface area contributed by atoms with Crippen molar-refractivity contribution in [2.45, 2.75) is 31.2 Å². The van der Waals surface area contributed by atoms with Gasteiger partial charge in [0, 0.05) is 31.0 Å². The lowest BCUT2D eigenvalue weighted by Gasteiger charge is -2.32. The molecule has 1 amide bonds. The van der Waals surface area contributed by atoms with Gasteiger partial charge in [0.25, 0.3) is 5.91 Å². The number of anilines is 1. The minimum Gasteiger partial charge on any atom is -0.406 e. The van der Waals surface area contributed by atoms with Gasteiger partial charge in [-0.15, -0.1) is 13.2 Å². The van der Waals surface area contributed by atoms with Crippen molar-refractivity contribution >= 4 is 22.8 Å². The molecule has 12 heteroatoms. The van der Waals surface area contributed by atoms with Crippen LogP contribution in [-0.2, 0) is 9.47 Å². The van der Waals surface area contributed by atoms with E-state index in [1.54, 1.807) is 11.1 Å². The van der Waals surface area contributed by atoms with Crippen molar-refractivity contribution in [2.75, 3.05) is 38.6 Å². The number of nitrogens with one attached hydrogen (secondary N) is 1. The van der Waals surface area contributed by atoms with Crippen LogP contribution >= 0.6 is 0 Å². The van der Waals surface area contributed by atoms with E-state index in [2.05, 4.69) is 14.7 Å². The Balaban J connectivity index is 1.27. The number of imidazole rings is 1. The Kier molecular flexibility index (Phi) is 6.24. The third kappa shape index (κ3) is 5.03. The number of H-pyrrole nitrogens is 1. The van der Waals surface area contributed by atoms with Gasteiger partial charge in [-0.2, -0.15) is 0 Å². The molecule has 2 fully saturated rings. The monoisotopic (exact) mass is 491 g/mol. The van der Waals surface area contributed by atoms with Crippen molar-refractivity contribution in [2.24, 2.45) is 0 Å². The van der Waals surface area contributed by atoms with Gasteiger partial charge >= 0.3 is 6.36 Å². The van der Waals surface area contributed by atoms with Gasteiger partial charge in [-0.1, -0.05) is 0 Å². The molecule has 1 atom stereocenters. The summed E-state index contributed by atoms with van der Waals surface area (Å²) in [5.41, 5.74) is 8.46. The lowest BCUT2D eigenvalue weighted by molar-refractivity contribution is -0.274. The molecule has 186 valence electrons. The average Bonchev–Trinajstić information content (AvgIpc) is 3.28. The molecule has 2 aliphatic rings. The molecule has 0 saturated carbocycles. The smallest absolute Gasteiger partial charge is 0.406 e. The van der Waals surface area contributed by atoms with Crippen LogP contribution in [0.5, 0.6) is 5.75 Å². The molecule has 2 saturated heterocycles. The van der Waals surface area contributed by atoms with Gasteiger partial charge in [-0.3, -0.25) is 4.79 Å². The molecule has 9 nitrogen and oxygen atoms in total. The van der Waals surface area contributed by atoms with Crippen molar-refractivity contribution in [1.29, 1.82) is 0 Å². The number of likely N-dealkylation sites (tertiary alicyclic amines) is 1. The van der Waals surface area contributed by atoms with Crippen LogP contribution < -0.4 is 10.5 Å². The fraction of sp³-hybridized carbons (Fsp3) is 0.435. The van der Waals surface area contributed by atoms with E-state index in [1.807, 2.05) is 6.07 Å². The molecule has 2 aliphatic heterocycles. The highest BCUT2D eigenvalue weighted by Gasteiger charge is 2.32. The van der Waals surface area contributed by atoms with Gasteiger partial charge in [0.15, 0.2) is 5.65 Å². The van der Waals surface area contributed by atoms with Gasteiger partial charge in [-0.05, 0) is 42.5 Å². The van der Waals surface area contributed by atoms with Crippen LogP contribution in [0.25, 0.3) is 11.2 Å². The maximum atomic E-state index is 13.0. The summed E-state index contributed by atoms with van der Waals surface area (Å²) in [5, 5.41) is 0. The quantitative estimate of drug-likeness (QED) is 0.537. The molecule has 0 bridgehead atoms. The van der Waals surface area contributed by atoms with Crippen molar-refractivity contribution < 1.29 is 32.2 Å². The van der Waals surface area contributed by atoms with Gasteiger partial charge in [-0.25, -0.2) is 9.97 Å². The molecular formula is C23H24F3N5O4. The molecule has 0 aliphatic carbocycles. The van der Waals surface area contributed by atoms with E-state index in [1.165, 1.54) is 6.07 Å². The largest absolute Gasteiger partial charge is 0.573 e. The predicted molar refractivity (Wildman–Crippen MR) is 119 cm³/mol. The van der Waals surface area contributed by atoms with Gasteiger partial charge in [0.2, 0.25) is 0 Å². The summed E-state index contributed by atoms with van der Waals surface area (Å²) >= 11 is 0. The zero-order valence-corrected chi connectivity index (χ0v) is 18.7. The molecular weight excluding hydrogens is 467 g/mol. The predicted octanol–water partition coefficient (Wildman–Crippen LogP) is 3.55. The molecule has 5 rings (SSSR count). The first-order valence-corrected chi connectivity index (χ1v) is 11.3. The van der Waals surface area contributed by atoms with E-state index in [4.69, 9.17) is 20.2 Å². The van der Waals surface area contributed by atoms with Crippen LogP contribution in [0.2, 0.25) is 0 Å². The molecule has 1 aromatic carbocycles. The summed E-state index contributed by atoms with van der Waals surface area (Å²) < 4.78 is 52.4. The number of carbonyl (C=O) groups is 1. The summed E-state index contributed by atoms with van der Waals surface area (Å²) in [5.74, 6) is 0.0660. The molecule has 0 radical (unpaired) electrons. The topological polar surface area (TPSA) is 116 Å². The van der Waals surface area contributed by atoms with Crippen LogP contribution in [0.3, 0.4) is 0 Å². The van der Waals surface area contributed by atoms with E-state index in [9.17, 15) is 18.0 Å². The Bertz CT molecular complexity index is 1220. The van der Waals surface area contributed by atoms with E-state index < -0.39 is 12.1 Å². The average molecular weight is 491 g/mol. The number of hydrogen-bond acceptors (Lipinski definition) is 7. The van der Waals surface area contributed by atoms with Crippen LogP contribution in [0, 0.1) is 0 Å². The number of aromatic amines is 1. The Labute approximate surface area is 198 Å². The minimum atomic E-state index is -4.83. The Morgan fingerprint density at radius 3 is 2.69 bits per heavy atom. The summed E-state index contributed by atoms with van der Waals surface area (Å²) in [7, 11) is 0. The Morgan fingerprint density at radius 2 is 2.00 bits per heavy atom. The minimum absolute atomic E-state index is 0.0623. The molecule has 0 spiro atoms. The van der Waals surface area contributed by atoms with Crippen LogP contribution in [0.1, 0.15) is 46.6 Å². The zero-order valence-electron chi connectivity index (χ0n) is 18.7. The highest BCUT2D eigenvalue weighted by Crippen LogP contribution is 2.34. The zero-order chi connectivity index (χ0) is 24.6. The van der Waals surface area contributed by atoms with Gasteiger partial charge in [0.1, 0.15) is 23.2 Å². The fourth-order valence-electron chi connectivity index (χ4n) is 4.57. The third-order valence-electron chi connectivity index (χ3n) is 6.26. The maximum absolute atomic E-state index is 13.0. The number of amides is 1. The van der Waals surface area contributed by atoms with E-state index in [-0.39, 0.29) is 29.2 Å². The second-order valence-corrected chi connectivity index (χ2v) is 8.52. The van der Waals surface area contributed by atoms with E-state index in [0.717, 1.165) is 23.2 Å². The number of nitrogen functional groups attached to an aromatic ring is 1. The molecule has 35 heavy (non-hydrogen) atoms. The number of hydrogen-bond donors (Lipinski definition) is 2. The number of ether oxygens (including phenoxy) is 3. The van der Waals surface area contributed by atoms with Crippen molar-refractivity contribution in [3.05, 3.63) is 47.4 Å². The highest BCUT2D eigenvalue weighted by atomic mass is 19.4. The Hall–Kier alpha value is -3.38. The summed E-state index contributed by atoms with van der Waals surface area (Å²) in [4.78, 5) is 27.0. The van der Waals surface area contributed by atoms with Crippen molar-refractivity contribution in [3.8, 4) is 5.75 Å². The van der Waals surface area contributed by atoms with Crippen LogP contribution in [0.15, 0.2) is 30.5 Å². The van der Waals surface area contributed by atoms with Crippen LogP contribution in [-0.4, -0.2) is 65.0 Å². The summed E-state index contributed by atoms with van der Waals surface area (Å²) in [6.45, 7) is 2.46. The Morgan fingerprint density at radius 1 is 1.20 bits per heavy atom. The number of benzene rings is 1. The van der Waals surface area contributed by atoms with Gasteiger partial charge in [0.05, 0.1) is 25.4 Å². The lowest BCUT2D eigenvalue weighted by atomic mass is 9.89. The van der Waals surface area contributed by atoms with Crippen molar-refractivity contribution in [3.63, 3.8) is 0 Å². The van der Waals surface area contributed by atoms with Gasteiger partial charge < -0.3 is 29.8 Å². The lowest BCUT2D eigenvalue weighted by Crippen LogP contribution is -2.38. The molecule has 4 heterocycles. The van der Waals surface area contributed by atoms with Crippen LogP contribution in [0.4, 0.5) is 18.9 Å². The number of fused-ring (bicyclic) bond motifs is 1. The number of pyridine rings is 1. The number of nitrogens with zero attached hydrogens (tertiary/aromatic N) is 3. The molecule has 3 aromatic rings. The summed E-state index contributed by atoms with van der Waals surface area (Å²) in [6, 6.07) is 5.31. The first-order valence-electron chi connectivity index (χ1n) is 11.3. The summed E-state index contributed by atoms with van der Waals surface area (Å²) in [6.07, 6.45) is -1.95. The maximum Gasteiger partial charge on any atom is 0.573 e. The molecule has 0 unspecified atom stereocenters. The number of halogens is 3. The van der Waals surface area contributed by atoms with E-state index in [0.29, 0.717) is 57.2 Å². The number of aromatic nitrogens is 3. The highest BCUT2D eigenvalue weighted by molar-refractivity contribution is 5.99. The molecule has 2 aromatic heterocycles. The number of piperidine rings is 1. The first-order chi connectivity index (χ1) is 16.8. The fourth-order valence-corrected chi connectivity index (χ4v) is 4.57. The third-order valence-corrected chi connectivity index (χ3v) is 6.26. The second-order valence-electron chi connectivity index (χ2n) is 8.52. The van der Waals surface area contributed by atoms with Crippen molar-refractivity contribution in [1.82, 2.24) is 19.9 Å². The normalized spacial score (nSPS) is 19.7. The molecule has 3 N–H and O–H groups in total. The first kappa shape index (κ1) is 23.4. The second kappa shape index (κ2) is 9.34. The number of carbonyl (C=O) groups excluding carboxylic acids is 1.